The molecule has 0 radical (unpaired) electrons. The highest BCUT2D eigenvalue weighted by Gasteiger charge is 2.04. The van der Waals surface area contributed by atoms with Gasteiger partial charge in [-0.1, -0.05) is 0 Å². The molecule has 48 valence electrons. The number of rotatable bonds is 1. The lowest BCUT2D eigenvalue weighted by molar-refractivity contribution is 0.0994. The van der Waals surface area contributed by atoms with Crippen molar-refractivity contribution in [3.63, 3.8) is 0 Å². The van der Waals surface area contributed by atoms with Crippen LogP contribution in [-0.4, -0.2) is 15.2 Å². The Morgan fingerprint density at radius 1 is 1.89 bits per heavy atom. The van der Waals surface area contributed by atoms with E-state index in [1.807, 2.05) is 0 Å². The Bertz CT molecular complexity index is 231. The molecule has 0 aliphatic heterocycles. The molecule has 1 amide bonds. The Morgan fingerprint density at radius 2 is 2.56 bits per heavy atom. The van der Waals surface area contributed by atoms with E-state index in [1.165, 1.54) is 12.3 Å². The molecular weight excluding hydrogens is 142 g/mol. The maximum atomic E-state index is 10.4. The van der Waals surface area contributed by atoms with Gasteiger partial charge < -0.3 is 5.73 Å². The Balaban J connectivity index is 3.08. The van der Waals surface area contributed by atoms with Gasteiger partial charge in [0.05, 0.1) is 6.20 Å². The molecule has 2 N–H and O–H groups in total. The fraction of sp³-hybridized carbons (Fsp3) is 0. The number of amides is 1. The summed E-state index contributed by atoms with van der Waals surface area (Å²) >= 11 is 5.34. The summed E-state index contributed by atoms with van der Waals surface area (Å²) in [4.78, 5) is 10.4. The highest BCUT2D eigenvalue weighted by molar-refractivity contribution is 6.17. The molecule has 0 unspecified atom stereocenters. The van der Waals surface area contributed by atoms with E-state index in [1.54, 1.807) is 0 Å². The first-order valence-electron chi connectivity index (χ1n) is 2.22. The molecule has 1 aromatic rings. The van der Waals surface area contributed by atoms with Crippen molar-refractivity contribution in [1.82, 2.24) is 9.30 Å². The van der Waals surface area contributed by atoms with Crippen LogP contribution in [0.25, 0.3) is 0 Å². The van der Waals surface area contributed by atoms with Gasteiger partial charge in [-0.05, 0) is 6.07 Å². The number of hydrogen-bond acceptors (Lipinski definition) is 2. The molecule has 9 heavy (non-hydrogen) atoms. The van der Waals surface area contributed by atoms with Crippen molar-refractivity contribution < 1.29 is 4.79 Å². The molecular formula is C4H4ClN3O. The fourth-order valence-corrected chi connectivity index (χ4v) is 0.649. The van der Waals surface area contributed by atoms with Crippen LogP contribution >= 0.6 is 11.8 Å². The SMILES string of the molecule is NC(=O)c1ccnn1Cl. The van der Waals surface area contributed by atoms with Crippen LogP contribution in [-0.2, 0) is 0 Å². The van der Waals surface area contributed by atoms with Crippen LogP contribution in [0.4, 0.5) is 0 Å². The standard InChI is InChI=1S/C4H4ClN3O/c5-8-3(4(6)9)1-2-7-8/h1-2H,(H2,6,9). The lowest BCUT2D eigenvalue weighted by Gasteiger charge is -1.88. The number of aromatic nitrogens is 2. The molecule has 0 fully saturated rings. The van der Waals surface area contributed by atoms with Crippen molar-refractivity contribution in [2.75, 3.05) is 0 Å². The lowest BCUT2D eigenvalue weighted by Crippen LogP contribution is -2.13. The average Bonchev–Trinajstić information content (AvgIpc) is 2.13. The summed E-state index contributed by atoms with van der Waals surface area (Å²) in [7, 11) is 0. The van der Waals surface area contributed by atoms with Gasteiger partial charge in [0.2, 0.25) is 0 Å². The molecule has 5 heteroatoms. The minimum atomic E-state index is -0.581. The zero-order chi connectivity index (χ0) is 6.85. The smallest absolute Gasteiger partial charge is 0.268 e. The summed E-state index contributed by atoms with van der Waals surface area (Å²) < 4.78 is 0.905. The predicted molar refractivity (Wildman–Crippen MR) is 32.0 cm³/mol. The number of carbonyl (C=O) groups excluding carboxylic acids is 1. The van der Waals surface area contributed by atoms with Crippen molar-refractivity contribution in [2.45, 2.75) is 0 Å². The van der Waals surface area contributed by atoms with Gasteiger partial charge in [-0.15, -0.1) is 0 Å². The first-order chi connectivity index (χ1) is 4.22. The summed E-state index contributed by atoms with van der Waals surface area (Å²) in [5, 5.41) is 3.52. The molecule has 1 aromatic heterocycles. The maximum absolute atomic E-state index is 10.4. The molecule has 0 atom stereocenters. The largest absolute Gasteiger partial charge is 0.364 e. The number of hydrogen-bond donors (Lipinski definition) is 1. The molecule has 0 aromatic carbocycles. The minimum Gasteiger partial charge on any atom is -0.364 e. The Labute approximate surface area is 56.3 Å². The van der Waals surface area contributed by atoms with Crippen molar-refractivity contribution in [3.8, 4) is 0 Å². The van der Waals surface area contributed by atoms with Crippen LogP contribution in [0.5, 0.6) is 0 Å². The topological polar surface area (TPSA) is 60.9 Å². The van der Waals surface area contributed by atoms with E-state index >= 15 is 0 Å². The second-order valence-electron chi connectivity index (χ2n) is 1.44. The van der Waals surface area contributed by atoms with Crippen LogP contribution in [0.1, 0.15) is 10.5 Å². The van der Waals surface area contributed by atoms with Gasteiger partial charge in [0.25, 0.3) is 5.91 Å². The molecule has 1 heterocycles. The summed E-state index contributed by atoms with van der Waals surface area (Å²) in [6, 6.07) is 1.44. The van der Waals surface area contributed by atoms with E-state index in [9.17, 15) is 4.79 Å². The van der Waals surface area contributed by atoms with Crippen LogP contribution < -0.4 is 5.73 Å². The fourth-order valence-electron chi connectivity index (χ4n) is 0.459. The van der Waals surface area contributed by atoms with E-state index in [0.29, 0.717) is 0 Å². The van der Waals surface area contributed by atoms with Gasteiger partial charge in [0, 0.05) is 11.8 Å². The molecule has 0 saturated heterocycles. The Morgan fingerprint density at radius 3 is 2.78 bits per heavy atom. The number of nitrogens with zero attached hydrogens (tertiary/aromatic N) is 2. The number of halogens is 1. The lowest BCUT2D eigenvalue weighted by atomic mass is 10.4. The number of carbonyl (C=O) groups is 1. The second-order valence-corrected chi connectivity index (χ2v) is 1.76. The van der Waals surface area contributed by atoms with Crippen LogP contribution in [0, 0.1) is 0 Å². The third kappa shape index (κ3) is 1.02. The van der Waals surface area contributed by atoms with Crippen molar-refractivity contribution in [1.29, 1.82) is 0 Å². The van der Waals surface area contributed by atoms with Crippen molar-refractivity contribution in [2.24, 2.45) is 5.73 Å². The van der Waals surface area contributed by atoms with Gasteiger partial charge in [-0.3, -0.25) is 4.79 Å². The quantitative estimate of drug-likeness (QED) is 0.604. The molecule has 0 aliphatic carbocycles. The molecule has 4 nitrogen and oxygen atoms in total. The summed E-state index contributed by atoms with van der Waals surface area (Å²) in [6.45, 7) is 0. The van der Waals surface area contributed by atoms with Crippen molar-refractivity contribution >= 4 is 17.7 Å². The van der Waals surface area contributed by atoms with Crippen molar-refractivity contribution in [3.05, 3.63) is 18.0 Å². The molecule has 1 rings (SSSR count). The predicted octanol–water partition coefficient (Wildman–Crippen LogP) is -0.0161. The third-order valence-electron chi connectivity index (χ3n) is 0.852. The number of primary amides is 1. The molecule has 0 saturated carbocycles. The second kappa shape index (κ2) is 2.06. The van der Waals surface area contributed by atoms with E-state index in [-0.39, 0.29) is 5.69 Å². The summed E-state index contributed by atoms with van der Waals surface area (Å²) in [5.41, 5.74) is 5.07. The van der Waals surface area contributed by atoms with Crippen LogP contribution in [0.15, 0.2) is 12.3 Å². The first kappa shape index (κ1) is 6.10. The van der Waals surface area contributed by atoms with E-state index in [2.05, 4.69) is 5.10 Å². The zero-order valence-electron chi connectivity index (χ0n) is 4.41. The Hall–Kier alpha value is -1.03. The summed E-state index contributed by atoms with van der Waals surface area (Å²) in [5.74, 6) is -0.581. The van der Waals surface area contributed by atoms with E-state index in [4.69, 9.17) is 17.5 Å². The highest BCUT2D eigenvalue weighted by atomic mass is 35.5. The van der Waals surface area contributed by atoms with E-state index < -0.39 is 5.91 Å². The van der Waals surface area contributed by atoms with Crippen LogP contribution in [0.2, 0.25) is 0 Å². The third-order valence-corrected chi connectivity index (χ3v) is 1.12. The van der Waals surface area contributed by atoms with Crippen LogP contribution in [0.3, 0.4) is 0 Å². The molecule has 0 bridgehead atoms. The van der Waals surface area contributed by atoms with Gasteiger partial charge in [-0.2, -0.15) is 9.30 Å². The minimum absolute atomic E-state index is 0.191. The first-order valence-corrected chi connectivity index (χ1v) is 2.55. The highest BCUT2D eigenvalue weighted by Crippen LogP contribution is 1.97. The van der Waals surface area contributed by atoms with Gasteiger partial charge in [0.15, 0.2) is 0 Å². The van der Waals surface area contributed by atoms with E-state index in [0.717, 1.165) is 4.20 Å². The normalized spacial score (nSPS) is 9.44. The molecule has 0 aliphatic rings. The van der Waals surface area contributed by atoms with Gasteiger partial charge >= 0.3 is 0 Å². The van der Waals surface area contributed by atoms with Gasteiger partial charge in [0.1, 0.15) is 5.69 Å². The number of nitrogens with two attached hydrogens (primary N) is 1. The molecule has 0 spiro atoms. The maximum Gasteiger partial charge on any atom is 0.268 e. The Kier molecular flexibility index (Phi) is 1.40. The summed E-state index contributed by atoms with van der Waals surface area (Å²) in [6.07, 6.45) is 1.40. The average molecular weight is 146 g/mol. The monoisotopic (exact) mass is 145 g/mol. The van der Waals surface area contributed by atoms with Gasteiger partial charge in [-0.25, -0.2) is 0 Å². The zero-order valence-corrected chi connectivity index (χ0v) is 5.17.